The SMILES string of the molecule is COc1ccc(CNc2cccc(S(C)(=O)=O)c2)cc1Br. The van der Waals surface area contributed by atoms with Gasteiger partial charge in [-0.3, -0.25) is 0 Å². The number of ether oxygens (including phenoxy) is 1. The van der Waals surface area contributed by atoms with Gasteiger partial charge in [-0.25, -0.2) is 8.42 Å². The maximum atomic E-state index is 11.5. The highest BCUT2D eigenvalue weighted by atomic mass is 79.9. The quantitative estimate of drug-likeness (QED) is 0.876. The molecular weight excluding hydrogens is 354 g/mol. The second-order valence-corrected chi connectivity index (χ2v) is 7.49. The number of sulfone groups is 1. The summed E-state index contributed by atoms with van der Waals surface area (Å²) in [6.07, 6.45) is 1.20. The van der Waals surface area contributed by atoms with Crippen molar-refractivity contribution >= 4 is 31.5 Å². The lowest BCUT2D eigenvalue weighted by molar-refractivity contribution is 0.412. The molecule has 112 valence electrons. The van der Waals surface area contributed by atoms with E-state index in [-0.39, 0.29) is 0 Å². The molecule has 0 spiro atoms. The lowest BCUT2D eigenvalue weighted by Crippen LogP contribution is -2.02. The Hall–Kier alpha value is -1.53. The first kappa shape index (κ1) is 15.9. The summed E-state index contributed by atoms with van der Waals surface area (Å²) in [4.78, 5) is 0.309. The largest absolute Gasteiger partial charge is 0.496 e. The fraction of sp³-hybridized carbons (Fsp3) is 0.200. The highest BCUT2D eigenvalue weighted by Gasteiger charge is 2.07. The highest BCUT2D eigenvalue weighted by Crippen LogP contribution is 2.26. The standard InChI is InChI=1S/C15H16BrNO3S/c1-20-15-7-6-11(8-14(15)16)10-17-12-4-3-5-13(9-12)21(2,18)19/h3-9,17H,10H2,1-2H3. The molecule has 0 aromatic heterocycles. The molecule has 0 fully saturated rings. The van der Waals surface area contributed by atoms with Crippen molar-refractivity contribution in [3.63, 3.8) is 0 Å². The summed E-state index contributed by atoms with van der Waals surface area (Å²) >= 11 is 3.44. The van der Waals surface area contributed by atoms with Crippen LogP contribution in [-0.4, -0.2) is 21.8 Å². The van der Waals surface area contributed by atoms with Crippen molar-refractivity contribution in [3.05, 3.63) is 52.5 Å². The van der Waals surface area contributed by atoms with Crippen LogP contribution in [0.4, 0.5) is 5.69 Å². The van der Waals surface area contributed by atoms with Gasteiger partial charge in [-0.2, -0.15) is 0 Å². The zero-order valence-corrected chi connectivity index (χ0v) is 14.2. The second kappa shape index (κ2) is 6.49. The van der Waals surface area contributed by atoms with Crippen LogP contribution in [0.3, 0.4) is 0 Å². The summed E-state index contributed by atoms with van der Waals surface area (Å²) in [6, 6.07) is 12.6. The molecule has 0 unspecified atom stereocenters. The van der Waals surface area contributed by atoms with Crippen LogP contribution in [0.25, 0.3) is 0 Å². The monoisotopic (exact) mass is 369 g/mol. The molecule has 21 heavy (non-hydrogen) atoms. The van der Waals surface area contributed by atoms with Gasteiger partial charge >= 0.3 is 0 Å². The summed E-state index contributed by atoms with van der Waals surface area (Å²) in [5.74, 6) is 0.776. The number of anilines is 1. The van der Waals surface area contributed by atoms with Crippen molar-refractivity contribution in [2.45, 2.75) is 11.4 Å². The Balaban J connectivity index is 2.11. The van der Waals surface area contributed by atoms with Crippen LogP contribution >= 0.6 is 15.9 Å². The summed E-state index contributed by atoms with van der Waals surface area (Å²) in [7, 11) is -1.57. The van der Waals surface area contributed by atoms with Crippen molar-refractivity contribution < 1.29 is 13.2 Å². The average Bonchev–Trinajstić information content (AvgIpc) is 2.45. The highest BCUT2D eigenvalue weighted by molar-refractivity contribution is 9.10. The van der Waals surface area contributed by atoms with Crippen LogP contribution in [0.15, 0.2) is 51.8 Å². The summed E-state index contributed by atoms with van der Waals surface area (Å²) in [5, 5.41) is 3.21. The van der Waals surface area contributed by atoms with Gasteiger partial charge in [-0.1, -0.05) is 12.1 Å². The lowest BCUT2D eigenvalue weighted by Gasteiger charge is -2.10. The predicted octanol–water partition coefficient (Wildman–Crippen LogP) is 3.47. The van der Waals surface area contributed by atoms with E-state index in [0.717, 1.165) is 21.5 Å². The predicted molar refractivity (Wildman–Crippen MR) is 87.6 cm³/mol. The van der Waals surface area contributed by atoms with E-state index in [1.54, 1.807) is 25.3 Å². The zero-order chi connectivity index (χ0) is 15.5. The first-order chi connectivity index (χ1) is 9.90. The van der Waals surface area contributed by atoms with Gasteiger partial charge in [0.25, 0.3) is 0 Å². The van der Waals surface area contributed by atoms with E-state index in [1.807, 2.05) is 24.3 Å². The molecule has 0 bridgehead atoms. The van der Waals surface area contributed by atoms with Crippen LogP contribution < -0.4 is 10.1 Å². The first-order valence-electron chi connectivity index (χ1n) is 6.26. The number of methoxy groups -OCH3 is 1. The molecule has 2 rings (SSSR count). The van der Waals surface area contributed by atoms with Crippen molar-refractivity contribution in [3.8, 4) is 5.75 Å². The van der Waals surface area contributed by atoms with E-state index in [0.29, 0.717) is 11.4 Å². The Morgan fingerprint density at radius 3 is 2.57 bits per heavy atom. The Bertz CT molecular complexity index is 744. The van der Waals surface area contributed by atoms with E-state index < -0.39 is 9.84 Å². The fourth-order valence-electron chi connectivity index (χ4n) is 1.86. The second-order valence-electron chi connectivity index (χ2n) is 4.62. The van der Waals surface area contributed by atoms with Crippen molar-refractivity contribution in [1.82, 2.24) is 0 Å². The van der Waals surface area contributed by atoms with Gasteiger partial charge in [-0.15, -0.1) is 0 Å². The van der Waals surface area contributed by atoms with E-state index in [9.17, 15) is 8.42 Å². The minimum atomic E-state index is -3.19. The summed E-state index contributed by atoms with van der Waals surface area (Å²) in [5.41, 5.74) is 1.83. The molecule has 0 amide bonds. The van der Waals surface area contributed by atoms with Gasteiger partial charge in [0, 0.05) is 18.5 Å². The van der Waals surface area contributed by atoms with Crippen molar-refractivity contribution in [2.75, 3.05) is 18.7 Å². The molecule has 0 heterocycles. The van der Waals surface area contributed by atoms with E-state index in [4.69, 9.17) is 4.74 Å². The number of nitrogens with one attached hydrogen (secondary N) is 1. The Morgan fingerprint density at radius 2 is 1.95 bits per heavy atom. The van der Waals surface area contributed by atoms with Gasteiger partial charge < -0.3 is 10.1 Å². The van der Waals surface area contributed by atoms with Crippen LogP contribution in [0.5, 0.6) is 5.75 Å². The molecule has 1 N–H and O–H groups in total. The minimum absolute atomic E-state index is 0.309. The minimum Gasteiger partial charge on any atom is -0.496 e. The molecule has 0 radical (unpaired) electrons. The van der Waals surface area contributed by atoms with Gasteiger partial charge in [0.1, 0.15) is 5.75 Å². The molecule has 0 aliphatic heterocycles. The topological polar surface area (TPSA) is 55.4 Å². The van der Waals surface area contributed by atoms with Gasteiger partial charge in [0.15, 0.2) is 9.84 Å². The number of hydrogen-bond donors (Lipinski definition) is 1. The van der Waals surface area contributed by atoms with E-state index in [2.05, 4.69) is 21.2 Å². The smallest absolute Gasteiger partial charge is 0.175 e. The van der Waals surface area contributed by atoms with E-state index in [1.165, 1.54) is 6.26 Å². The van der Waals surface area contributed by atoms with Crippen molar-refractivity contribution in [1.29, 1.82) is 0 Å². The fourth-order valence-corrected chi connectivity index (χ4v) is 3.12. The molecule has 2 aromatic carbocycles. The Kier molecular flexibility index (Phi) is 4.90. The number of rotatable bonds is 5. The molecular formula is C15H16BrNO3S. The van der Waals surface area contributed by atoms with Crippen LogP contribution in [0.1, 0.15) is 5.56 Å². The maximum absolute atomic E-state index is 11.5. The normalized spacial score (nSPS) is 11.2. The van der Waals surface area contributed by atoms with Crippen LogP contribution in [0.2, 0.25) is 0 Å². The molecule has 0 atom stereocenters. The lowest BCUT2D eigenvalue weighted by atomic mass is 10.2. The van der Waals surface area contributed by atoms with Gasteiger partial charge in [0.2, 0.25) is 0 Å². The third-order valence-corrected chi connectivity index (χ3v) is 4.70. The van der Waals surface area contributed by atoms with Gasteiger partial charge in [0.05, 0.1) is 16.5 Å². The molecule has 0 saturated heterocycles. The third kappa shape index (κ3) is 4.22. The number of hydrogen-bond acceptors (Lipinski definition) is 4. The van der Waals surface area contributed by atoms with Crippen LogP contribution in [0, 0.1) is 0 Å². The summed E-state index contributed by atoms with van der Waals surface area (Å²) < 4.78 is 29.1. The third-order valence-electron chi connectivity index (χ3n) is 2.98. The molecule has 2 aromatic rings. The number of halogens is 1. The number of benzene rings is 2. The Labute approximate surface area is 133 Å². The average molecular weight is 370 g/mol. The summed E-state index contributed by atoms with van der Waals surface area (Å²) in [6.45, 7) is 0.593. The first-order valence-corrected chi connectivity index (χ1v) is 8.95. The Morgan fingerprint density at radius 1 is 1.19 bits per heavy atom. The zero-order valence-electron chi connectivity index (χ0n) is 11.8. The van der Waals surface area contributed by atoms with Crippen LogP contribution in [-0.2, 0) is 16.4 Å². The van der Waals surface area contributed by atoms with Gasteiger partial charge in [-0.05, 0) is 51.8 Å². The molecule has 0 saturated carbocycles. The van der Waals surface area contributed by atoms with Crippen molar-refractivity contribution in [2.24, 2.45) is 0 Å². The molecule has 0 aliphatic carbocycles. The van der Waals surface area contributed by atoms with E-state index >= 15 is 0 Å². The molecule has 6 heteroatoms. The maximum Gasteiger partial charge on any atom is 0.175 e. The molecule has 4 nitrogen and oxygen atoms in total. The molecule has 0 aliphatic rings.